The zero-order chi connectivity index (χ0) is 9.64. The summed E-state index contributed by atoms with van der Waals surface area (Å²) in [7, 11) is 0. The molecule has 0 unspecified atom stereocenters. The number of aromatic hydroxyl groups is 1. The quantitative estimate of drug-likeness (QED) is 0.656. The molecule has 0 spiro atoms. The van der Waals surface area contributed by atoms with Gasteiger partial charge in [0.25, 0.3) is 0 Å². The van der Waals surface area contributed by atoms with Crippen LogP contribution in [0.3, 0.4) is 0 Å². The second kappa shape index (κ2) is 2.48. The van der Waals surface area contributed by atoms with E-state index in [2.05, 4.69) is 5.10 Å². The van der Waals surface area contributed by atoms with E-state index in [-0.39, 0.29) is 11.4 Å². The maximum Gasteiger partial charge on any atom is 0.162 e. The average Bonchev–Trinajstić information content (AvgIpc) is 2.25. The Morgan fingerprint density at radius 2 is 2.23 bits per heavy atom. The molecular weight excluding hydrogens is 168 g/mol. The first kappa shape index (κ1) is 8.56. The monoisotopic (exact) mass is 182 g/mol. The first-order valence-corrected chi connectivity index (χ1v) is 4.39. The van der Waals surface area contributed by atoms with Crippen molar-refractivity contribution in [3.63, 3.8) is 0 Å². The van der Waals surface area contributed by atoms with Gasteiger partial charge in [-0.3, -0.25) is 4.68 Å². The van der Waals surface area contributed by atoms with Crippen LogP contribution in [-0.2, 0) is 17.9 Å². The van der Waals surface area contributed by atoms with E-state index in [9.17, 15) is 5.11 Å². The third-order valence-electron chi connectivity index (χ3n) is 2.33. The number of aryl methyl sites for hydroxylation is 1. The number of ether oxygens (including phenoxy) is 1. The molecule has 13 heavy (non-hydrogen) atoms. The van der Waals surface area contributed by atoms with E-state index < -0.39 is 0 Å². The molecule has 1 aromatic rings. The number of aromatic nitrogens is 2. The average molecular weight is 182 g/mol. The summed E-state index contributed by atoms with van der Waals surface area (Å²) in [6.07, 6.45) is 0. The summed E-state index contributed by atoms with van der Waals surface area (Å²) >= 11 is 0. The van der Waals surface area contributed by atoms with Crippen LogP contribution in [0.2, 0.25) is 0 Å². The number of nitrogens with zero attached hydrogens (tertiary/aromatic N) is 2. The van der Waals surface area contributed by atoms with Gasteiger partial charge in [-0.1, -0.05) is 0 Å². The minimum absolute atomic E-state index is 0.183. The van der Waals surface area contributed by atoms with Crippen LogP contribution in [0, 0.1) is 6.92 Å². The topological polar surface area (TPSA) is 47.3 Å². The molecule has 4 heteroatoms. The van der Waals surface area contributed by atoms with Gasteiger partial charge in [-0.2, -0.15) is 5.10 Å². The van der Waals surface area contributed by atoms with Crippen LogP contribution in [0.5, 0.6) is 5.75 Å². The largest absolute Gasteiger partial charge is 0.504 e. The Hall–Kier alpha value is -1.03. The summed E-state index contributed by atoms with van der Waals surface area (Å²) in [5.41, 5.74) is 1.28. The molecule has 1 aliphatic rings. The van der Waals surface area contributed by atoms with Gasteiger partial charge in [-0.05, 0) is 20.8 Å². The highest BCUT2D eigenvalue weighted by atomic mass is 16.5. The third kappa shape index (κ3) is 1.31. The highest BCUT2D eigenvalue weighted by molar-refractivity contribution is 5.31. The van der Waals surface area contributed by atoms with Crippen LogP contribution in [0.4, 0.5) is 0 Å². The molecule has 0 bridgehead atoms. The highest BCUT2D eigenvalue weighted by Gasteiger charge is 2.29. The molecule has 0 saturated heterocycles. The Morgan fingerprint density at radius 3 is 2.92 bits per heavy atom. The summed E-state index contributed by atoms with van der Waals surface area (Å²) in [6, 6.07) is 0. The summed E-state index contributed by atoms with van der Waals surface area (Å²) < 4.78 is 7.39. The highest BCUT2D eigenvalue weighted by Crippen LogP contribution is 2.29. The molecule has 0 atom stereocenters. The Morgan fingerprint density at radius 1 is 1.54 bits per heavy atom. The Bertz CT molecular complexity index is 342. The number of rotatable bonds is 0. The molecule has 1 aliphatic heterocycles. The smallest absolute Gasteiger partial charge is 0.162 e. The fraction of sp³-hybridized carbons (Fsp3) is 0.667. The van der Waals surface area contributed by atoms with E-state index in [0.717, 1.165) is 5.69 Å². The van der Waals surface area contributed by atoms with Crippen molar-refractivity contribution in [2.24, 2.45) is 0 Å². The second-order valence-corrected chi connectivity index (χ2v) is 4.09. The van der Waals surface area contributed by atoms with Crippen molar-refractivity contribution >= 4 is 0 Å². The number of fused-ring (bicyclic) bond motifs is 1. The third-order valence-corrected chi connectivity index (χ3v) is 2.33. The van der Waals surface area contributed by atoms with Crippen LogP contribution in [0.25, 0.3) is 0 Å². The minimum Gasteiger partial charge on any atom is -0.504 e. The summed E-state index contributed by atoms with van der Waals surface area (Å²) in [4.78, 5) is 0. The van der Waals surface area contributed by atoms with Gasteiger partial charge < -0.3 is 9.84 Å². The SMILES string of the molecule is Cc1nn2c(c1O)COC(C)(C)C2. The van der Waals surface area contributed by atoms with Crippen molar-refractivity contribution in [1.82, 2.24) is 9.78 Å². The van der Waals surface area contributed by atoms with Gasteiger partial charge in [0.2, 0.25) is 0 Å². The standard InChI is InChI=1S/C9H14N2O2/c1-6-8(12)7-4-13-9(2,3)5-11(7)10-6/h12H,4-5H2,1-3H3. The van der Waals surface area contributed by atoms with Crippen molar-refractivity contribution in [3.05, 3.63) is 11.4 Å². The van der Waals surface area contributed by atoms with Crippen LogP contribution in [0.15, 0.2) is 0 Å². The summed E-state index contributed by atoms with van der Waals surface area (Å²) in [5, 5.41) is 13.8. The lowest BCUT2D eigenvalue weighted by molar-refractivity contribution is -0.0668. The Kier molecular flexibility index (Phi) is 1.63. The van der Waals surface area contributed by atoms with Gasteiger partial charge in [0.15, 0.2) is 5.75 Å². The maximum absolute atomic E-state index is 9.59. The summed E-state index contributed by atoms with van der Waals surface area (Å²) in [5.74, 6) is 0.274. The zero-order valence-corrected chi connectivity index (χ0v) is 8.16. The Labute approximate surface area is 77.1 Å². The van der Waals surface area contributed by atoms with E-state index in [1.54, 1.807) is 6.92 Å². The van der Waals surface area contributed by atoms with Crippen LogP contribution in [0.1, 0.15) is 25.2 Å². The minimum atomic E-state index is -0.183. The van der Waals surface area contributed by atoms with Crippen molar-refractivity contribution in [2.75, 3.05) is 0 Å². The normalized spacial score (nSPS) is 19.9. The predicted octanol–water partition coefficient (Wildman–Crippen LogP) is 1.21. The van der Waals surface area contributed by atoms with E-state index in [1.807, 2.05) is 18.5 Å². The molecule has 1 aromatic heterocycles. The maximum atomic E-state index is 9.59. The molecule has 2 rings (SSSR count). The molecule has 4 nitrogen and oxygen atoms in total. The molecule has 0 saturated carbocycles. The molecule has 0 radical (unpaired) electrons. The van der Waals surface area contributed by atoms with E-state index in [4.69, 9.17) is 4.74 Å². The van der Waals surface area contributed by atoms with E-state index >= 15 is 0 Å². The molecule has 1 N–H and O–H groups in total. The molecule has 0 aliphatic carbocycles. The van der Waals surface area contributed by atoms with Gasteiger partial charge in [-0.25, -0.2) is 0 Å². The van der Waals surface area contributed by atoms with Crippen LogP contribution < -0.4 is 0 Å². The second-order valence-electron chi connectivity index (χ2n) is 4.09. The lowest BCUT2D eigenvalue weighted by Gasteiger charge is -2.30. The lowest BCUT2D eigenvalue weighted by Crippen LogP contribution is -2.36. The number of hydrogen-bond donors (Lipinski definition) is 1. The molecule has 2 heterocycles. The molecule has 0 fully saturated rings. The van der Waals surface area contributed by atoms with Gasteiger partial charge in [0, 0.05) is 0 Å². The first-order valence-electron chi connectivity index (χ1n) is 4.39. The molecule has 72 valence electrons. The van der Waals surface area contributed by atoms with Crippen LogP contribution >= 0.6 is 0 Å². The molecule has 0 aromatic carbocycles. The lowest BCUT2D eigenvalue weighted by atomic mass is 10.1. The van der Waals surface area contributed by atoms with Crippen molar-refractivity contribution in [3.8, 4) is 5.75 Å². The first-order chi connectivity index (χ1) is 5.99. The van der Waals surface area contributed by atoms with Gasteiger partial charge in [-0.15, -0.1) is 0 Å². The Balaban J connectivity index is 2.42. The predicted molar refractivity (Wildman–Crippen MR) is 47.5 cm³/mol. The van der Waals surface area contributed by atoms with E-state index in [1.165, 1.54) is 0 Å². The van der Waals surface area contributed by atoms with Gasteiger partial charge in [0.05, 0.1) is 18.8 Å². The molecule has 0 amide bonds. The van der Waals surface area contributed by atoms with Gasteiger partial charge in [0.1, 0.15) is 11.4 Å². The number of hydrogen-bond acceptors (Lipinski definition) is 3. The summed E-state index contributed by atoms with van der Waals surface area (Å²) in [6.45, 7) is 6.98. The van der Waals surface area contributed by atoms with E-state index in [0.29, 0.717) is 18.8 Å². The fourth-order valence-electron chi connectivity index (χ4n) is 1.56. The van der Waals surface area contributed by atoms with Crippen LogP contribution in [-0.4, -0.2) is 20.5 Å². The fourth-order valence-corrected chi connectivity index (χ4v) is 1.56. The zero-order valence-electron chi connectivity index (χ0n) is 8.16. The van der Waals surface area contributed by atoms with Crippen molar-refractivity contribution < 1.29 is 9.84 Å². The molecular formula is C9H14N2O2. The van der Waals surface area contributed by atoms with Gasteiger partial charge >= 0.3 is 0 Å². The van der Waals surface area contributed by atoms with Crippen molar-refractivity contribution in [1.29, 1.82) is 0 Å². The van der Waals surface area contributed by atoms with Crippen molar-refractivity contribution in [2.45, 2.75) is 39.5 Å².